The summed E-state index contributed by atoms with van der Waals surface area (Å²) in [6, 6.07) is 74.0. The van der Waals surface area contributed by atoms with E-state index in [4.69, 9.17) is 29.9 Å². The second-order valence-corrected chi connectivity index (χ2v) is 21.3. The van der Waals surface area contributed by atoms with Gasteiger partial charge in [0.2, 0.25) is 0 Å². The zero-order valence-corrected chi connectivity index (χ0v) is 41.5. The summed E-state index contributed by atoms with van der Waals surface area (Å²) in [5.41, 5.74) is 23.4. The molecule has 0 radical (unpaired) electrons. The van der Waals surface area contributed by atoms with Crippen molar-refractivity contribution >= 4 is 0 Å². The van der Waals surface area contributed by atoms with Crippen molar-refractivity contribution in [3.63, 3.8) is 0 Å². The van der Waals surface area contributed by atoms with Gasteiger partial charge in [-0.15, -0.1) is 0 Å². The molecule has 350 valence electrons. The fourth-order valence-electron chi connectivity index (χ4n) is 13.2. The molecule has 5 aliphatic carbocycles. The largest absolute Gasteiger partial charge is 0.208 e. The molecular formula is C68H48N6. The first-order valence-electron chi connectivity index (χ1n) is 25.7. The van der Waals surface area contributed by atoms with E-state index in [0.717, 1.165) is 33.4 Å². The average molecular weight is 949 g/mol. The first-order valence-corrected chi connectivity index (χ1v) is 25.7. The van der Waals surface area contributed by atoms with Crippen molar-refractivity contribution in [2.24, 2.45) is 0 Å². The number of benzene rings is 9. The van der Waals surface area contributed by atoms with Crippen LogP contribution in [0.15, 0.2) is 206 Å². The second-order valence-electron chi connectivity index (χ2n) is 21.3. The molecule has 6 heteroatoms. The maximum absolute atomic E-state index is 5.40. The summed E-state index contributed by atoms with van der Waals surface area (Å²) in [4.78, 5) is 31.9. The van der Waals surface area contributed by atoms with Gasteiger partial charge in [-0.25, -0.2) is 29.9 Å². The molecule has 2 unspecified atom stereocenters. The topological polar surface area (TPSA) is 77.3 Å². The molecule has 2 aromatic heterocycles. The molecule has 0 amide bonds. The highest BCUT2D eigenvalue weighted by Gasteiger charge is 2.43. The Morgan fingerprint density at radius 2 is 0.581 bits per heavy atom. The van der Waals surface area contributed by atoms with Crippen LogP contribution in [0.2, 0.25) is 0 Å². The van der Waals surface area contributed by atoms with E-state index >= 15 is 0 Å². The standard InChI is InChI=1S/C68H48N6/c1-67(2)55-31-15-13-23-43(55)49-27-17-29-51(59(49)67)65-71-61(39-19-7-5-8-20-39)69-63(73-65)41-33-35-47-53(37-41)57-45-25-11-12-26-46(45)58(47)54-38-42(34-36-48(54)57)64-70-62(40-21-9-6-10-22-40)72-66(74-64)52-30-18-28-50-44-24-14-16-32-56(44)68(3,4)60(50)52/h5-38,57-58H,1-4H3. The van der Waals surface area contributed by atoms with Crippen molar-refractivity contribution in [3.8, 4) is 90.6 Å². The second kappa shape index (κ2) is 15.7. The predicted octanol–water partition coefficient (Wildman–Crippen LogP) is 15.7. The Balaban J connectivity index is 0.867. The first-order chi connectivity index (χ1) is 36.2. The third-order valence-electron chi connectivity index (χ3n) is 16.5. The van der Waals surface area contributed by atoms with Gasteiger partial charge in [0.25, 0.3) is 0 Å². The zero-order chi connectivity index (χ0) is 49.5. The lowest BCUT2D eigenvalue weighted by atomic mass is 9.61. The number of fused-ring (bicyclic) bond motifs is 6. The van der Waals surface area contributed by atoms with Crippen molar-refractivity contribution in [2.45, 2.75) is 50.4 Å². The average Bonchev–Trinajstić information content (AvgIpc) is 3.92. The summed E-state index contributed by atoms with van der Waals surface area (Å²) in [6.07, 6.45) is 0. The normalized spacial score (nSPS) is 16.3. The minimum absolute atomic E-state index is 0.00589. The molecule has 5 aliphatic rings. The van der Waals surface area contributed by atoms with Crippen molar-refractivity contribution in [2.75, 3.05) is 0 Å². The van der Waals surface area contributed by atoms with Crippen LogP contribution in [-0.2, 0) is 10.8 Å². The maximum atomic E-state index is 5.40. The zero-order valence-electron chi connectivity index (χ0n) is 41.5. The molecule has 0 saturated carbocycles. The van der Waals surface area contributed by atoms with Gasteiger partial charge in [-0.2, -0.15) is 0 Å². The van der Waals surface area contributed by atoms with Gasteiger partial charge in [0, 0.05) is 56.0 Å². The number of nitrogens with zero attached hydrogens (tertiary/aromatic N) is 6. The fourth-order valence-corrected chi connectivity index (χ4v) is 13.2. The van der Waals surface area contributed by atoms with Crippen LogP contribution in [0.5, 0.6) is 0 Å². The smallest absolute Gasteiger partial charge is 0.164 e. The van der Waals surface area contributed by atoms with E-state index in [9.17, 15) is 0 Å². The van der Waals surface area contributed by atoms with E-state index in [2.05, 4.69) is 198 Å². The molecule has 2 bridgehead atoms. The Kier molecular flexibility index (Phi) is 9.08. The maximum Gasteiger partial charge on any atom is 0.164 e. The Hall–Kier alpha value is -9.00. The molecule has 0 fully saturated rings. The first kappa shape index (κ1) is 42.7. The number of hydrogen-bond donors (Lipinski definition) is 0. The van der Waals surface area contributed by atoms with Crippen LogP contribution in [0.1, 0.15) is 95.2 Å². The van der Waals surface area contributed by atoms with Crippen molar-refractivity contribution in [1.82, 2.24) is 29.9 Å². The third-order valence-corrected chi connectivity index (χ3v) is 16.5. The highest BCUT2D eigenvalue weighted by atomic mass is 15.0. The Labute approximate surface area is 430 Å². The Morgan fingerprint density at radius 1 is 0.257 bits per heavy atom. The summed E-state index contributed by atoms with van der Waals surface area (Å²) in [5.74, 6) is 3.99. The van der Waals surface area contributed by atoms with Crippen molar-refractivity contribution in [1.29, 1.82) is 0 Å². The van der Waals surface area contributed by atoms with Gasteiger partial charge in [0.05, 0.1) is 0 Å². The van der Waals surface area contributed by atoms with E-state index in [0.29, 0.717) is 34.9 Å². The van der Waals surface area contributed by atoms with E-state index in [1.165, 1.54) is 77.9 Å². The van der Waals surface area contributed by atoms with Crippen LogP contribution in [0.4, 0.5) is 0 Å². The van der Waals surface area contributed by atoms with Gasteiger partial charge in [-0.3, -0.25) is 0 Å². The molecule has 0 aliphatic heterocycles. The van der Waals surface area contributed by atoms with Crippen molar-refractivity contribution in [3.05, 3.63) is 262 Å². The predicted molar refractivity (Wildman–Crippen MR) is 296 cm³/mol. The minimum Gasteiger partial charge on any atom is -0.208 e. The number of hydrogen-bond acceptors (Lipinski definition) is 6. The molecule has 9 aromatic carbocycles. The molecule has 6 nitrogen and oxygen atoms in total. The third kappa shape index (κ3) is 6.18. The van der Waals surface area contributed by atoms with E-state index in [-0.39, 0.29) is 22.7 Å². The highest BCUT2D eigenvalue weighted by Crippen LogP contribution is 2.58. The highest BCUT2D eigenvalue weighted by molar-refractivity contribution is 5.89. The summed E-state index contributed by atoms with van der Waals surface area (Å²) >= 11 is 0. The van der Waals surface area contributed by atoms with Gasteiger partial charge < -0.3 is 0 Å². The van der Waals surface area contributed by atoms with Crippen LogP contribution in [0.25, 0.3) is 90.6 Å². The molecule has 16 rings (SSSR count). The van der Waals surface area contributed by atoms with Crippen molar-refractivity contribution < 1.29 is 0 Å². The molecule has 0 spiro atoms. The number of rotatable bonds is 6. The summed E-state index contributed by atoms with van der Waals surface area (Å²) in [5, 5.41) is 0. The summed E-state index contributed by atoms with van der Waals surface area (Å²) in [6.45, 7) is 9.27. The molecule has 2 heterocycles. The molecule has 0 N–H and O–H groups in total. The van der Waals surface area contributed by atoms with Gasteiger partial charge in [0.1, 0.15) is 0 Å². The van der Waals surface area contributed by atoms with Crippen LogP contribution >= 0.6 is 0 Å². The van der Waals surface area contributed by atoms with E-state index < -0.39 is 0 Å². The van der Waals surface area contributed by atoms with Crippen LogP contribution in [0.3, 0.4) is 0 Å². The van der Waals surface area contributed by atoms with Crippen LogP contribution in [0, 0.1) is 0 Å². The van der Waals surface area contributed by atoms with Gasteiger partial charge in [-0.05, 0) is 90.0 Å². The summed E-state index contributed by atoms with van der Waals surface area (Å²) in [7, 11) is 0. The lowest BCUT2D eigenvalue weighted by Gasteiger charge is -2.42. The lowest BCUT2D eigenvalue weighted by Crippen LogP contribution is -2.27. The Morgan fingerprint density at radius 3 is 1.01 bits per heavy atom. The Bertz CT molecular complexity index is 3890. The monoisotopic (exact) mass is 948 g/mol. The fraction of sp³-hybridized carbons (Fsp3) is 0.118. The van der Waals surface area contributed by atoms with E-state index in [1.807, 2.05) is 36.4 Å². The molecule has 11 aromatic rings. The number of aromatic nitrogens is 6. The molecule has 74 heavy (non-hydrogen) atoms. The van der Waals surface area contributed by atoms with Gasteiger partial charge in [0.15, 0.2) is 34.9 Å². The molecular weight excluding hydrogens is 901 g/mol. The quantitative estimate of drug-likeness (QED) is 0.165. The van der Waals surface area contributed by atoms with Crippen LogP contribution in [-0.4, -0.2) is 29.9 Å². The lowest BCUT2D eigenvalue weighted by molar-refractivity contribution is 0.661. The molecule has 2 atom stereocenters. The minimum atomic E-state index is -0.240. The van der Waals surface area contributed by atoms with Gasteiger partial charge in [-0.1, -0.05) is 222 Å². The summed E-state index contributed by atoms with van der Waals surface area (Å²) < 4.78 is 0. The van der Waals surface area contributed by atoms with E-state index in [1.54, 1.807) is 0 Å². The van der Waals surface area contributed by atoms with Crippen LogP contribution < -0.4 is 0 Å². The SMILES string of the molecule is CC1(C)c2ccccc2-c2cccc(-c3nc(-c4ccccc4)nc(-c4ccc5c(c4)C4c6ccccc6C5c5cc(-c6nc(-c7ccccc7)nc(-c7cccc8c7C(C)(C)c7ccccc7-8)n6)ccc54)n3)c21. The molecule has 0 saturated heterocycles. The van der Waals surface area contributed by atoms with Gasteiger partial charge >= 0.3 is 0 Å².